The van der Waals surface area contributed by atoms with Gasteiger partial charge in [0, 0.05) is 16.1 Å². The summed E-state index contributed by atoms with van der Waals surface area (Å²) >= 11 is 6.19. The second-order valence-corrected chi connectivity index (χ2v) is 5.58. The Balaban J connectivity index is 2.00. The molecular formula is C17H11ClN4O. The van der Waals surface area contributed by atoms with Gasteiger partial charge in [0.05, 0.1) is 23.6 Å². The first-order valence-electron chi connectivity index (χ1n) is 7.08. The van der Waals surface area contributed by atoms with E-state index in [1.807, 2.05) is 42.5 Å². The lowest BCUT2D eigenvalue weighted by atomic mass is 10.0. The van der Waals surface area contributed by atoms with E-state index in [-0.39, 0.29) is 0 Å². The van der Waals surface area contributed by atoms with Crippen molar-refractivity contribution >= 4 is 23.6 Å². The zero-order chi connectivity index (χ0) is 15.8. The third-order valence-corrected chi connectivity index (χ3v) is 4.02. The second-order valence-electron chi connectivity index (χ2n) is 5.14. The van der Waals surface area contributed by atoms with Crippen LogP contribution in [0.4, 0.5) is 0 Å². The molecule has 112 valence electrons. The van der Waals surface area contributed by atoms with Gasteiger partial charge in [0.15, 0.2) is 12.0 Å². The summed E-state index contributed by atoms with van der Waals surface area (Å²) in [5, 5.41) is 8.64. The molecular weight excluding hydrogens is 312 g/mol. The van der Waals surface area contributed by atoms with E-state index >= 15 is 0 Å². The Morgan fingerprint density at radius 3 is 2.74 bits per heavy atom. The highest BCUT2D eigenvalue weighted by Gasteiger charge is 2.22. The van der Waals surface area contributed by atoms with Gasteiger partial charge < -0.3 is 0 Å². The van der Waals surface area contributed by atoms with Gasteiger partial charge >= 0.3 is 0 Å². The molecule has 5 nitrogen and oxygen atoms in total. The van der Waals surface area contributed by atoms with Crippen molar-refractivity contribution in [3.63, 3.8) is 0 Å². The summed E-state index contributed by atoms with van der Waals surface area (Å²) in [5.41, 5.74) is 4.47. The molecule has 0 bridgehead atoms. The molecule has 0 saturated carbocycles. The van der Waals surface area contributed by atoms with Crippen molar-refractivity contribution in [1.82, 2.24) is 15.0 Å². The zero-order valence-electron chi connectivity index (χ0n) is 12.0. The molecule has 0 radical (unpaired) electrons. The lowest BCUT2D eigenvalue weighted by Gasteiger charge is -2.11. The molecule has 0 atom stereocenters. The van der Waals surface area contributed by atoms with E-state index in [2.05, 4.69) is 10.3 Å². The molecule has 2 aromatic carbocycles. The summed E-state index contributed by atoms with van der Waals surface area (Å²) < 4.78 is 1.66. The Bertz CT molecular complexity index is 931. The number of aldehydes is 1. The predicted octanol–water partition coefficient (Wildman–Crippen LogP) is 3.08. The number of hydrogen-bond acceptors (Lipinski definition) is 4. The number of halogens is 1. The van der Waals surface area contributed by atoms with Gasteiger partial charge in [0.1, 0.15) is 0 Å². The van der Waals surface area contributed by atoms with Crippen LogP contribution in [0.25, 0.3) is 5.69 Å². The van der Waals surface area contributed by atoms with Crippen molar-refractivity contribution < 1.29 is 4.79 Å². The molecule has 1 aromatic heterocycles. The van der Waals surface area contributed by atoms with Crippen molar-refractivity contribution in [2.24, 2.45) is 4.99 Å². The maximum atomic E-state index is 11.2. The maximum absolute atomic E-state index is 11.2. The normalized spacial score (nSPS) is 12.8. The van der Waals surface area contributed by atoms with Crippen LogP contribution in [0.2, 0.25) is 5.02 Å². The average Bonchev–Trinajstić information content (AvgIpc) is 2.92. The Labute approximate surface area is 137 Å². The molecule has 3 aromatic rings. The highest BCUT2D eigenvalue weighted by molar-refractivity contribution is 6.31. The number of fused-ring (bicyclic) bond motifs is 3. The lowest BCUT2D eigenvalue weighted by Crippen LogP contribution is -2.08. The summed E-state index contributed by atoms with van der Waals surface area (Å²) in [6, 6.07) is 15.4. The minimum absolute atomic E-state index is 0.309. The highest BCUT2D eigenvalue weighted by atomic mass is 35.5. The largest absolute Gasteiger partial charge is 0.296 e. The Hall–Kier alpha value is -2.79. The smallest absolute Gasteiger partial charge is 0.172 e. The molecule has 6 heteroatoms. The highest BCUT2D eigenvalue weighted by Crippen LogP contribution is 2.27. The molecule has 0 spiro atoms. The number of aliphatic imine (C=N–C) groups is 1. The third kappa shape index (κ3) is 2.26. The number of benzene rings is 2. The first kappa shape index (κ1) is 13.8. The van der Waals surface area contributed by atoms with E-state index in [0.717, 1.165) is 22.5 Å². The number of carbonyl (C=O) groups is 1. The van der Waals surface area contributed by atoms with Gasteiger partial charge in [0.2, 0.25) is 0 Å². The van der Waals surface area contributed by atoms with Gasteiger partial charge in [-0.05, 0) is 18.2 Å². The van der Waals surface area contributed by atoms with Crippen LogP contribution in [-0.2, 0) is 6.54 Å². The molecule has 4 rings (SSSR count). The van der Waals surface area contributed by atoms with Gasteiger partial charge in [-0.15, -0.1) is 5.10 Å². The standard InChI is InChI=1S/C17H11ClN4O/c18-12-6-7-15-13(8-12)17(11-4-2-1-3-5-11)19-9-16-14(10-23)20-21-22(15)16/h1-8,10H,9H2. The van der Waals surface area contributed by atoms with Gasteiger partial charge in [-0.1, -0.05) is 47.1 Å². The molecule has 23 heavy (non-hydrogen) atoms. The van der Waals surface area contributed by atoms with Gasteiger partial charge in [0.25, 0.3) is 0 Å². The fourth-order valence-corrected chi connectivity index (χ4v) is 2.88. The zero-order valence-corrected chi connectivity index (χ0v) is 12.7. The molecule has 1 aliphatic rings. The quantitative estimate of drug-likeness (QED) is 0.681. The van der Waals surface area contributed by atoms with Crippen LogP contribution in [0.5, 0.6) is 0 Å². The summed E-state index contributed by atoms with van der Waals surface area (Å²) in [6.07, 6.45) is 0.706. The van der Waals surface area contributed by atoms with Crippen molar-refractivity contribution in [1.29, 1.82) is 0 Å². The molecule has 0 aliphatic carbocycles. The third-order valence-electron chi connectivity index (χ3n) is 3.78. The van der Waals surface area contributed by atoms with E-state index in [1.54, 1.807) is 10.7 Å². The first-order valence-corrected chi connectivity index (χ1v) is 7.45. The van der Waals surface area contributed by atoms with Gasteiger partial charge in [-0.2, -0.15) is 0 Å². The molecule has 1 aliphatic heterocycles. The summed E-state index contributed by atoms with van der Waals surface area (Å²) in [6.45, 7) is 0.331. The lowest BCUT2D eigenvalue weighted by molar-refractivity contribution is 0.111. The fourth-order valence-electron chi connectivity index (χ4n) is 2.71. The SMILES string of the molecule is O=Cc1nnn2c1CN=C(c1ccccc1)c1cc(Cl)ccc1-2. The van der Waals surface area contributed by atoms with E-state index in [9.17, 15) is 4.79 Å². The molecule has 2 heterocycles. The second kappa shape index (κ2) is 5.44. The number of nitrogens with zero attached hydrogens (tertiary/aromatic N) is 4. The van der Waals surface area contributed by atoms with E-state index in [1.165, 1.54) is 0 Å². The van der Waals surface area contributed by atoms with Crippen molar-refractivity contribution in [3.8, 4) is 5.69 Å². The van der Waals surface area contributed by atoms with Crippen LogP contribution in [0.15, 0.2) is 53.5 Å². The van der Waals surface area contributed by atoms with Crippen molar-refractivity contribution in [3.05, 3.63) is 76.1 Å². The number of rotatable bonds is 2. The number of hydrogen-bond donors (Lipinski definition) is 0. The summed E-state index contributed by atoms with van der Waals surface area (Å²) in [7, 11) is 0. The van der Waals surface area contributed by atoms with Crippen LogP contribution in [-0.4, -0.2) is 27.0 Å². The first-order chi connectivity index (χ1) is 11.3. The van der Waals surface area contributed by atoms with Crippen LogP contribution < -0.4 is 0 Å². The minimum Gasteiger partial charge on any atom is -0.296 e. The molecule has 0 amide bonds. The van der Waals surface area contributed by atoms with Crippen LogP contribution >= 0.6 is 11.6 Å². The van der Waals surface area contributed by atoms with E-state index < -0.39 is 0 Å². The summed E-state index contributed by atoms with van der Waals surface area (Å²) in [5.74, 6) is 0. The number of carbonyl (C=O) groups excluding carboxylic acids is 1. The molecule has 0 unspecified atom stereocenters. The Morgan fingerprint density at radius 2 is 1.96 bits per heavy atom. The monoisotopic (exact) mass is 322 g/mol. The Morgan fingerprint density at radius 1 is 1.13 bits per heavy atom. The van der Waals surface area contributed by atoms with E-state index in [0.29, 0.717) is 29.2 Å². The van der Waals surface area contributed by atoms with Crippen molar-refractivity contribution in [2.45, 2.75) is 6.54 Å². The minimum atomic E-state index is 0.309. The number of aromatic nitrogens is 3. The summed E-state index contributed by atoms with van der Waals surface area (Å²) in [4.78, 5) is 15.9. The molecule has 0 saturated heterocycles. The van der Waals surface area contributed by atoms with Crippen LogP contribution in [0, 0.1) is 0 Å². The predicted molar refractivity (Wildman–Crippen MR) is 87.5 cm³/mol. The van der Waals surface area contributed by atoms with Crippen molar-refractivity contribution in [2.75, 3.05) is 0 Å². The molecule has 0 N–H and O–H groups in total. The fraction of sp³-hybridized carbons (Fsp3) is 0.0588. The van der Waals surface area contributed by atoms with E-state index in [4.69, 9.17) is 16.6 Å². The van der Waals surface area contributed by atoms with Crippen LogP contribution in [0.3, 0.4) is 0 Å². The van der Waals surface area contributed by atoms with Crippen LogP contribution in [0.1, 0.15) is 27.3 Å². The molecule has 0 fully saturated rings. The average molecular weight is 323 g/mol. The van der Waals surface area contributed by atoms with Gasteiger partial charge in [-0.25, -0.2) is 4.68 Å². The maximum Gasteiger partial charge on any atom is 0.172 e. The Kier molecular flexibility index (Phi) is 3.28. The van der Waals surface area contributed by atoms with Gasteiger partial charge in [-0.3, -0.25) is 9.79 Å². The topological polar surface area (TPSA) is 60.1 Å².